The molecule has 4 nitrogen and oxygen atoms in total. The van der Waals surface area contributed by atoms with Crippen LogP contribution in [0.2, 0.25) is 5.02 Å². The molecule has 0 aliphatic carbocycles. The van der Waals surface area contributed by atoms with Crippen molar-refractivity contribution in [3.05, 3.63) is 33.3 Å². The van der Waals surface area contributed by atoms with Crippen molar-refractivity contribution < 1.29 is 13.2 Å². The van der Waals surface area contributed by atoms with Gasteiger partial charge in [-0.3, -0.25) is 4.79 Å². The van der Waals surface area contributed by atoms with Gasteiger partial charge in [0.05, 0.1) is 6.26 Å². The van der Waals surface area contributed by atoms with E-state index in [0.717, 1.165) is 12.8 Å². The molecule has 1 fully saturated rings. The fraction of sp³-hybridized carbons (Fsp3) is 0.500. The zero-order chi connectivity index (χ0) is 15.6. The maximum absolute atomic E-state index is 12.4. The van der Waals surface area contributed by atoms with Crippen molar-refractivity contribution in [3.63, 3.8) is 0 Å². The van der Waals surface area contributed by atoms with E-state index in [9.17, 15) is 13.2 Å². The Hall–Kier alpha value is -0.430. The number of halogens is 2. The Labute approximate surface area is 138 Å². The first-order valence-electron chi connectivity index (χ1n) is 6.71. The van der Waals surface area contributed by atoms with E-state index in [1.165, 1.54) is 10.6 Å². The van der Waals surface area contributed by atoms with E-state index in [-0.39, 0.29) is 11.7 Å². The molecule has 1 aromatic carbocycles. The van der Waals surface area contributed by atoms with E-state index in [2.05, 4.69) is 15.9 Å². The summed E-state index contributed by atoms with van der Waals surface area (Å²) >= 11 is 9.28. The van der Waals surface area contributed by atoms with Gasteiger partial charge in [-0.2, -0.15) is 0 Å². The third-order valence-corrected chi connectivity index (χ3v) is 5.85. The van der Waals surface area contributed by atoms with Gasteiger partial charge in [0.1, 0.15) is 0 Å². The van der Waals surface area contributed by atoms with Gasteiger partial charge >= 0.3 is 0 Å². The van der Waals surface area contributed by atoms with Crippen molar-refractivity contribution in [1.82, 2.24) is 4.31 Å². The van der Waals surface area contributed by atoms with E-state index in [1.54, 1.807) is 18.2 Å². The first-order chi connectivity index (χ1) is 9.77. The molecular formula is C14H17BrClNO3S. The SMILES string of the molecule is CS(=O)(=O)N1CCCC(CC(=O)c2cc(Cl)ccc2Br)C1. The Balaban J connectivity index is 2.07. The zero-order valence-corrected chi connectivity index (χ0v) is 14.8. The van der Waals surface area contributed by atoms with Crippen LogP contribution in [-0.4, -0.2) is 37.9 Å². The Morgan fingerprint density at radius 1 is 1.48 bits per heavy atom. The van der Waals surface area contributed by atoms with Crippen LogP contribution in [0.5, 0.6) is 0 Å². The number of rotatable bonds is 4. The molecule has 0 spiro atoms. The lowest BCUT2D eigenvalue weighted by atomic mass is 9.92. The van der Waals surface area contributed by atoms with Crippen LogP contribution in [0, 0.1) is 5.92 Å². The van der Waals surface area contributed by atoms with Gasteiger partial charge < -0.3 is 0 Å². The van der Waals surface area contributed by atoms with Gasteiger partial charge in [0.2, 0.25) is 10.0 Å². The molecule has 0 N–H and O–H groups in total. The summed E-state index contributed by atoms with van der Waals surface area (Å²) in [5.74, 6) is 0.0524. The monoisotopic (exact) mass is 393 g/mol. The van der Waals surface area contributed by atoms with Gasteiger partial charge in [-0.15, -0.1) is 0 Å². The molecule has 1 atom stereocenters. The summed E-state index contributed by atoms with van der Waals surface area (Å²) in [6, 6.07) is 5.11. The molecule has 2 rings (SSSR count). The number of carbonyl (C=O) groups is 1. The van der Waals surface area contributed by atoms with Gasteiger partial charge in [0.25, 0.3) is 0 Å². The Kier molecular flexibility index (Phi) is 5.46. The van der Waals surface area contributed by atoms with E-state index < -0.39 is 10.0 Å². The maximum Gasteiger partial charge on any atom is 0.211 e. The number of benzene rings is 1. The molecule has 7 heteroatoms. The second-order valence-corrected chi connectivity index (χ2v) is 8.65. The summed E-state index contributed by atoms with van der Waals surface area (Å²) in [5.41, 5.74) is 0.555. The predicted octanol–water partition coefficient (Wildman–Crippen LogP) is 3.35. The molecule has 1 aromatic rings. The van der Waals surface area contributed by atoms with Crippen LogP contribution >= 0.6 is 27.5 Å². The number of nitrogens with zero attached hydrogens (tertiary/aromatic N) is 1. The van der Waals surface area contributed by atoms with Crippen molar-refractivity contribution in [3.8, 4) is 0 Å². The van der Waals surface area contributed by atoms with Crippen molar-refractivity contribution in [2.24, 2.45) is 5.92 Å². The van der Waals surface area contributed by atoms with E-state index in [1.807, 2.05) is 0 Å². The molecule has 21 heavy (non-hydrogen) atoms. The number of sulfonamides is 1. The fourth-order valence-corrected chi connectivity index (χ4v) is 4.16. The highest BCUT2D eigenvalue weighted by Crippen LogP contribution is 2.27. The highest BCUT2D eigenvalue weighted by Gasteiger charge is 2.27. The molecular weight excluding hydrogens is 378 g/mol. The molecule has 0 saturated carbocycles. The van der Waals surface area contributed by atoms with E-state index >= 15 is 0 Å². The first-order valence-corrected chi connectivity index (χ1v) is 9.72. The van der Waals surface area contributed by atoms with Crippen LogP contribution in [0.4, 0.5) is 0 Å². The van der Waals surface area contributed by atoms with Gasteiger partial charge in [0.15, 0.2) is 5.78 Å². The number of hydrogen-bond donors (Lipinski definition) is 0. The Bertz CT molecular complexity index is 648. The third kappa shape index (κ3) is 4.52. The summed E-state index contributed by atoms with van der Waals surface area (Å²) in [6.45, 7) is 0.965. The zero-order valence-electron chi connectivity index (χ0n) is 11.7. The number of Topliss-reactive ketones (excluding diaryl/α,β-unsaturated/α-hetero) is 1. The largest absolute Gasteiger partial charge is 0.294 e. The second-order valence-electron chi connectivity index (χ2n) is 5.38. The summed E-state index contributed by atoms with van der Waals surface area (Å²) in [6.07, 6.45) is 3.22. The molecule has 0 amide bonds. The third-order valence-electron chi connectivity index (χ3n) is 3.65. The lowest BCUT2D eigenvalue weighted by molar-refractivity contribution is 0.0941. The van der Waals surface area contributed by atoms with Gasteiger partial charge in [-0.05, 0) is 37.0 Å². The second kappa shape index (κ2) is 6.77. The number of hydrogen-bond acceptors (Lipinski definition) is 3. The molecule has 1 aliphatic rings. The summed E-state index contributed by atoms with van der Waals surface area (Å²) in [4.78, 5) is 12.4. The van der Waals surface area contributed by atoms with Crippen LogP contribution in [0.3, 0.4) is 0 Å². The van der Waals surface area contributed by atoms with Crippen LogP contribution in [0.15, 0.2) is 22.7 Å². The maximum atomic E-state index is 12.4. The molecule has 116 valence electrons. The minimum Gasteiger partial charge on any atom is -0.294 e. The van der Waals surface area contributed by atoms with Crippen LogP contribution < -0.4 is 0 Å². The van der Waals surface area contributed by atoms with Crippen LogP contribution in [0.25, 0.3) is 0 Å². The number of piperidine rings is 1. The fourth-order valence-electron chi connectivity index (χ4n) is 2.58. The molecule has 0 radical (unpaired) electrons. The lowest BCUT2D eigenvalue weighted by Gasteiger charge is -2.30. The quantitative estimate of drug-likeness (QED) is 0.736. The van der Waals surface area contributed by atoms with Crippen LogP contribution in [-0.2, 0) is 10.0 Å². The van der Waals surface area contributed by atoms with E-state index in [4.69, 9.17) is 11.6 Å². The lowest BCUT2D eigenvalue weighted by Crippen LogP contribution is -2.39. The van der Waals surface area contributed by atoms with E-state index in [0.29, 0.717) is 34.6 Å². The molecule has 0 aromatic heterocycles. The normalized spacial score (nSPS) is 20.4. The van der Waals surface area contributed by atoms with Gasteiger partial charge in [-0.25, -0.2) is 12.7 Å². The minimum absolute atomic E-state index is 0.00951. The molecule has 1 aliphatic heterocycles. The topological polar surface area (TPSA) is 54.5 Å². The Morgan fingerprint density at radius 2 is 2.19 bits per heavy atom. The van der Waals surface area contributed by atoms with Crippen LogP contribution in [0.1, 0.15) is 29.6 Å². The van der Waals surface area contributed by atoms with Gasteiger partial charge in [0, 0.05) is 34.6 Å². The summed E-state index contributed by atoms with van der Waals surface area (Å²) < 4.78 is 25.4. The van der Waals surface area contributed by atoms with Crippen molar-refractivity contribution in [2.45, 2.75) is 19.3 Å². The molecule has 1 unspecified atom stereocenters. The Morgan fingerprint density at radius 3 is 2.86 bits per heavy atom. The predicted molar refractivity (Wildman–Crippen MR) is 87.2 cm³/mol. The summed E-state index contributed by atoms with van der Waals surface area (Å²) in [7, 11) is -3.18. The number of ketones is 1. The summed E-state index contributed by atoms with van der Waals surface area (Å²) in [5, 5.41) is 0.517. The van der Waals surface area contributed by atoms with Crippen molar-refractivity contribution >= 4 is 43.3 Å². The van der Waals surface area contributed by atoms with Gasteiger partial charge in [-0.1, -0.05) is 27.5 Å². The van der Waals surface area contributed by atoms with Crippen molar-refractivity contribution in [2.75, 3.05) is 19.3 Å². The minimum atomic E-state index is -3.18. The highest BCUT2D eigenvalue weighted by molar-refractivity contribution is 9.10. The molecule has 1 heterocycles. The molecule has 0 bridgehead atoms. The van der Waals surface area contributed by atoms with Crippen molar-refractivity contribution in [1.29, 1.82) is 0 Å². The molecule has 1 saturated heterocycles. The number of carbonyl (C=O) groups excluding carboxylic acids is 1. The first kappa shape index (κ1) is 16.9. The smallest absolute Gasteiger partial charge is 0.211 e. The average molecular weight is 395 g/mol. The average Bonchev–Trinajstić information content (AvgIpc) is 2.41. The standard InChI is InChI=1S/C14H17BrClNO3S/c1-21(19,20)17-6-2-3-10(9-17)7-14(18)12-8-11(16)4-5-13(12)15/h4-5,8,10H,2-3,6-7,9H2,1H3. The highest BCUT2D eigenvalue weighted by atomic mass is 79.9.